The van der Waals surface area contributed by atoms with Gasteiger partial charge in [0.05, 0.1) is 5.39 Å². The van der Waals surface area contributed by atoms with Crippen molar-refractivity contribution in [3.63, 3.8) is 0 Å². The molecule has 4 aromatic rings. The van der Waals surface area contributed by atoms with Crippen molar-refractivity contribution in [1.82, 2.24) is 29.2 Å². The third kappa shape index (κ3) is 11.2. The number of carbonyl (C=O) groups excluding carboxylic acids is 1. The summed E-state index contributed by atoms with van der Waals surface area (Å²) in [4.78, 5) is 26.4. The second-order valence-electron chi connectivity index (χ2n) is 14.1. The van der Waals surface area contributed by atoms with Crippen molar-refractivity contribution in [2.24, 2.45) is 13.0 Å². The zero-order chi connectivity index (χ0) is 34.9. The minimum Gasteiger partial charge on any atom is -0.444 e. The summed E-state index contributed by atoms with van der Waals surface area (Å²) in [5.74, 6) is 0.885. The Kier molecular flexibility index (Phi) is 12.4. The van der Waals surface area contributed by atoms with Crippen LogP contribution in [0.2, 0.25) is 0 Å². The monoisotopic (exact) mass is 662 g/mol. The van der Waals surface area contributed by atoms with Crippen LogP contribution in [-0.2, 0) is 18.2 Å². The number of amides is 1. The summed E-state index contributed by atoms with van der Waals surface area (Å²) in [6.07, 6.45) is 10.5. The van der Waals surface area contributed by atoms with Crippen molar-refractivity contribution in [1.29, 1.82) is 0 Å². The number of anilines is 2. The smallest absolute Gasteiger partial charge is 0.410 e. The Morgan fingerprint density at radius 3 is 2.38 bits per heavy atom. The van der Waals surface area contributed by atoms with Crippen molar-refractivity contribution in [3.05, 3.63) is 66.7 Å². The minimum absolute atomic E-state index is 0.254. The van der Waals surface area contributed by atoms with Gasteiger partial charge in [0.15, 0.2) is 11.6 Å². The third-order valence-electron chi connectivity index (χ3n) is 8.18. The first-order chi connectivity index (χ1) is 22.7. The molecule has 12 nitrogen and oxygen atoms in total. The molecule has 0 radical (unpaired) electrons. The summed E-state index contributed by atoms with van der Waals surface area (Å²) in [7, 11) is 3.85. The standard InChI is InChI=1S/C33H46N8O2.C3H8O2/c1-33(2,3)43-32(42)39(20-14-25-10-7-6-8-11-25)17-9-18-40(29-16-19-38(5)37-29)23-26-12-13-27(22-26)41-21-15-28-30(34-4)35-24-36-31(28)41;1-3(2,4)5/h6-8,10-11,15-16,19,21,24,26-27H,9,12-14,17-18,20,22-23H2,1-5H3,(H,34,35,36);4-5H,1-2H3/t26-,27+;/m1./s1. The number of aliphatic hydroxyl groups is 2. The first kappa shape index (κ1) is 36.7. The highest BCUT2D eigenvalue weighted by molar-refractivity contribution is 5.87. The number of rotatable bonds is 12. The number of nitrogens with one attached hydrogen (secondary N) is 1. The maximum Gasteiger partial charge on any atom is 0.410 e. The molecule has 2 atom stereocenters. The average Bonchev–Trinajstić information content (AvgIpc) is 3.76. The van der Waals surface area contributed by atoms with Crippen LogP contribution in [0.5, 0.6) is 0 Å². The van der Waals surface area contributed by atoms with Crippen molar-refractivity contribution >= 4 is 28.8 Å². The van der Waals surface area contributed by atoms with Crippen LogP contribution in [0, 0.1) is 5.92 Å². The van der Waals surface area contributed by atoms with E-state index < -0.39 is 11.4 Å². The van der Waals surface area contributed by atoms with Crippen LogP contribution in [-0.4, -0.2) is 90.1 Å². The van der Waals surface area contributed by atoms with E-state index >= 15 is 0 Å². The van der Waals surface area contributed by atoms with Gasteiger partial charge < -0.3 is 34.6 Å². The van der Waals surface area contributed by atoms with E-state index in [1.807, 2.05) is 68.8 Å². The molecule has 48 heavy (non-hydrogen) atoms. The van der Waals surface area contributed by atoms with Crippen LogP contribution in [0.15, 0.2) is 61.2 Å². The molecule has 0 spiro atoms. The second-order valence-corrected chi connectivity index (χ2v) is 14.1. The molecule has 1 fully saturated rings. The van der Waals surface area contributed by atoms with Crippen molar-refractivity contribution in [2.45, 2.75) is 84.2 Å². The lowest BCUT2D eigenvalue weighted by Gasteiger charge is -2.30. The van der Waals surface area contributed by atoms with Gasteiger partial charge in [-0.1, -0.05) is 30.3 Å². The number of fused-ring (bicyclic) bond motifs is 1. The van der Waals surface area contributed by atoms with Crippen molar-refractivity contribution in [2.75, 3.05) is 43.4 Å². The molecule has 3 aromatic heterocycles. The maximum atomic E-state index is 13.1. The summed E-state index contributed by atoms with van der Waals surface area (Å²) >= 11 is 0. The normalized spacial score (nSPS) is 16.4. The molecular weight excluding hydrogens is 608 g/mol. The highest BCUT2D eigenvalue weighted by Crippen LogP contribution is 2.38. The van der Waals surface area contributed by atoms with Gasteiger partial charge in [-0.05, 0) is 84.3 Å². The molecule has 0 saturated heterocycles. The van der Waals surface area contributed by atoms with Gasteiger partial charge in [0.1, 0.15) is 23.4 Å². The molecular formula is C36H54N8O4. The van der Waals surface area contributed by atoms with E-state index in [2.05, 4.69) is 55.2 Å². The van der Waals surface area contributed by atoms with Crippen LogP contribution in [0.1, 0.15) is 71.9 Å². The number of nitrogens with zero attached hydrogens (tertiary/aromatic N) is 7. The molecule has 0 bridgehead atoms. The van der Waals surface area contributed by atoms with E-state index in [-0.39, 0.29) is 6.09 Å². The molecule has 1 amide bonds. The van der Waals surface area contributed by atoms with E-state index in [9.17, 15) is 4.79 Å². The maximum absolute atomic E-state index is 13.1. The number of aryl methyl sites for hydroxylation is 1. The van der Waals surface area contributed by atoms with Gasteiger partial charge >= 0.3 is 6.09 Å². The average molecular weight is 663 g/mol. The largest absolute Gasteiger partial charge is 0.444 e. The summed E-state index contributed by atoms with van der Waals surface area (Å²) in [5.41, 5.74) is 1.67. The molecule has 1 aromatic carbocycles. The number of ether oxygens (including phenoxy) is 1. The molecule has 3 heterocycles. The van der Waals surface area contributed by atoms with Crippen LogP contribution in [0.25, 0.3) is 11.0 Å². The van der Waals surface area contributed by atoms with Crippen LogP contribution >= 0.6 is 0 Å². The van der Waals surface area contributed by atoms with Crippen LogP contribution < -0.4 is 10.2 Å². The van der Waals surface area contributed by atoms with E-state index in [1.165, 1.54) is 19.4 Å². The Bertz CT molecular complexity index is 1570. The quantitative estimate of drug-likeness (QED) is 0.165. The highest BCUT2D eigenvalue weighted by atomic mass is 16.6. The second kappa shape index (κ2) is 16.3. The minimum atomic E-state index is -1.50. The molecule has 1 aliphatic carbocycles. The number of hydrogen-bond acceptors (Lipinski definition) is 9. The Hall–Kier alpha value is -4.16. The number of hydrogen-bond donors (Lipinski definition) is 3. The van der Waals surface area contributed by atoms with Crippen molar-refractivity contribution < 1.29 is 19.7 Å². The summed E-state index contributed by atoms with van der Waals surface area (Å²) in [5, 5.41) is 25.1. The van der Waals surface area contributed by atoms with E-state index in [0.29, 0.717) is 25.0 Å². The molecule has 1 saturated carbocycles. The molecule has 5 rings (SSSR count). The zero-order valence-corrected chi connectivity index (χ0v) is 29.6. The fourth-order valence-corrected chi connectivity index (χ4v) is 6.10. The lowest BCUT2D eigenvalue weighted by molar-refractivity contribution is -0.127. The molecule has 12 heteroatoms. The van der Waals surface area contributed by atoms with Gasteiger partial charge in [-0.3, -0.25) is 4.68 Å². The van der Waals surface area contributed by atoms with Gasteiger partial charge in [0, 0.05) is 64.8 Å². The number of carbonyl (C=O) groups is 1. The van der Waals surface area contributed by atoms with E-state index in [4.69, 9.17) is 20.0 Å². The van der Waals surface area contributed by atoms with Gasteiger partial charge in [-0.2, -0.15) is 5.10 Å². The van der Waals surface area contributed by atoms with Gasteiger partial charge in [0.25, 0.3) is 0 Å². The van der Waals surface area contributed by atoms with Gasteiger partial charge in [0.2, 0.25) is 0 Å². The van der Waals surface area contributed by atoms with Crippen LogP contribution in [0.4, 0.5) is 16.4 Å². The predicted molar refractivity (Wildman–Crippen MR) is 190 cm³/mol. The van der Waals surface area contributed by atoms with Crippen LogP contribution in [0.3, 0.4) is 0 Å². The summed E-state index contributed by atoms with van der Waals surface area (Å²) in [6, 6.07) is 14.9. The molecule has 262 valence electrons. The zero-order valence-electron chi connectivity index (χ0n) is 29.6. The Morgan fingerprint density at radius 2 is 1.73 bits per heavy atom. The fourth-order valence-electron chi connectivity index (χ4n) is 6.10. The lowest BCUT2D eigenvalue weighted by Crippen LogP contribution is -2.40. The predicted octanol–water partition coefficient (Wildman–Crippen LogP) is 5.63. The topological polar surface area (TPSA) is 134 Å². The first-order valence-corrected chi connectivity index (χ1v) is 16.9. The molecule has 3 N–H and O–H groups in total. The summed E-state index contributed by atoms with van der Waals surface area (Å²) in [6.45, 7) is 11.3. The Labute approximate surface area is 284 Å². The fraction of sp³-hybridized carbons (Fsp3) is 0.556. The van der Waals surface area contributed by atoms with Gasteiger partial charge in [-0.25, -0.2) is 14.8 Å². The van der Waals surface area contributed by atoms with Gasteiger partial charge in [-0.15, -0.1) is 0 Å². The van der Waals surface area contributed by atoms with E-state index in [1.54, 1.807) is 6.33 Å². The summed E-state index contributed by atoms with van der Waals surface area (Å²) < 4.78 is 9.96. The molecule has 1 aliphatic rings. The molecule has 0 unspecified atom stereocenters. The first-order valence-electron chi connectivity index (χ1n) is 16.9. The molecule has 0 aliphatic heterocycles. The highest BCUT2D eigenvalue weighted by Gasteiger charge is 2.29. The SMILES string of the molecule is CC(C)(O)O.CNc1ncnc2c1ccn2[C@H]1CC[C@@H](CN(CCCN(CCc2ccccc2)C(=O)OC(C)(C)C)c2ccn(C)n2)C1. The van der Waals surface area contributed by atoms with E-state index in [0.717, 1.165) is 67.9 Å². The number of benzene rings is 1. The lowest BCUT2D eigenvalue weighted by atomic mass is 10.1. The van der Waals surface area contributed by atoms with Crippen molar-refractivity contribution in [3.8, 4) is 0 Å². The number of aromatic nitrogens is 5. The Balaban J connectivity index is 0.000000968. The Morgan fingerprint density at radius 1 is 1.00 bits per heavy atom. The third-order valence-corrected chi connectivity index (χ3v) is 8.18.